The van der Waals surface area contributed by atoms with Crippen LogP contribution in [-0.4, -0.2) is 16.8 Å². The Labute approximate surface area is 101 Å². The molecule has 88 valence electrons. The number of carboxylic acids is 1. The predicted molar refractivity (Wildman–Crippen MR) is 69.0 cm³/mol. The summed E-state index contributed by atoms with van der Waals surface area (Å²) >= 11 is 1.46. The highest BCUT2D eigenvalue weighted by Crippen LogP contribution is 2.38. The van der Waals surface area contributed by atoms with Gasteiger partial charge in [0.05, 0.1) is 0 Å². The standard InChI is InChI=1S/C13H18O2S/c1-5-16-13(4,12(14)15)11-8-9(2)6-7-10(11)3/h6-8H,5H2,1-4H3,(H,14,15). The minimum atomic E-state index is -0.842. The lowest BCUT2D eigenvalue weighted by Gasteiger charge is -2.26. The third-order valence-electron chi connectivity index (χ3n) is 2.75. The van der Waals surface area contributed by atoms with E-state index in [4.69, 9.17) is 0 Å². The summed E-state index contributed by atoms with van der Waals surface area (Å²) in [5.41, 5.74) is 3.05. The van der Waals surface area contributed by atoms with Gasteiger partial charge in [0.15, 0.2) is 0 Å². The number of aliphatic carboxylic acids is 1. The second-order valence-corrected chi connectivity index (χ2v) is 5.77. The highest BCUT2D eigenvalue weighted by atomic mass is 32.2. The van der Waals surface area contributed by atoms with Gasteiger partial charge in [0.1, 0.15) is 4.75 Å². The van der Waals surface area contributed by atoms with E-state index in [1.807, 2.05) is 39.0 Å². The van der Waals surface area contributed by atoms with Crippen molar-refractivity contribution in [1.29, 1.82) is 0 Å². The molecule has 3 heteroatoms. The zero-order valence-electron chi connectivity index (χ0n) is 10.2. The summed E-state index contributed by atoms with van der Waals surface area (Å²) in [7, 11) is 0. The van der Waals surface area contributed by atoms with Crippen LogP contribution < -0.4 is 0 Å². The van der Waals surface area contributed by atoms with Gasteiger partial charge in [-0.25, -0.2) is 0 Å². The van der Waals surface area contributed by atoms with Crippen LogP contribution in [0.5, 0.6) is 0 Å². The van der Waals surface area contributed by atoms with Crippen molar-refractivity contribution < 1.29 is 9.90 Å². The van der Waals surface area contributed by atoms with Gasteiger partial charge in [-0.15, -0.1) is 11.8 Å². The molecule has 0 bridgehead atoms. The maximum absolute atomic E-state index is 11.5. The molecule has 0 heterocycles. The van der Waals surface area contributed by atoms with Crippen LogP contribution in [-0.2, 0) is 9.54 Å². The SMILES string of the molecule is CCSC(C)(C(=O)O)c1cc(C)ccc1C. The zero-order valence-corrected chi connectivity index (χ0v) is 11.0. The quantitative estimate of drug-likeness (QED) is 0.874. The molecule has 1 aromatic rings. The van der Waals surface area contributed by atoms with Crippen LogP contribution in [0, 0.1) is 13.8 Å². The van der Waals surface area contributed by atoms with Crippen LogP contribution in [0.25, 0.3) is 0 Å². The van der Waals surface area contributed by atoms with Crippen LogP contribution in [0.2, 0.25) is 0 Å². The summed E-state index contributed by atoms with van der Waals surface area (Å²) in [6.45, 7) is 7.72. The van der Waals surface area contributed by atoms with Gasteiger partial charge >= 0.3 is 5.97 Å². The molecular formula is C13H18O2S. The van der Waals surface area contributed by atoms with Gasteiger partial charge in [-0.1, -0.05) is 30.7 Å². The summed E-state index contributed by atoms with van der Waals surface area (Å²) < 4.78 is -0.842. The molecule has 0 saturated heterocycles. The first-order valence-electron chi connectivity index (χ1n) is 5.37. The maximum atomic E-state index is 11.5. The van der Waals surface area contributed by atoms with Crippen LogP contribution in [0.3, 0.4) is 0 Å². The number of carboxylic acid groups (broad SMARTS) is 1. The van der Waals surface area contributed by atoms with Crippen molar-refractivity contribution in [3.63, 3.8) is 0 Å². The molecule has 1 atom stereocenters. The molecule has 0 radical (unpaired) electrons. The van der Waals surface area contributed by atoms with E-state index in [2.05, 4.69) is 0 Å². The van der Waals surface area contributed by atoms with Gasteiger partial charge in [0.25, 0.3) is 0 Å². The molecule has 1 aromatic carbocycles. The summed E-state index contributed by atoms with van der Waals surface area (Å²) in [6, 6.07) is 5.98. The first-order valence-corrected chi connectivity index (χ1v) is 6.35. The molecule has 0 saturated carbocycles. The largest absolute Gasteiger partial charge is 0.480 e. The van der Waals surface area contributed by atoms with E-state index >= 15 is 0 Å². The number of carbonyl (C=O) groups is 1. The van der Waals surface area contributed by atoms with E-state index < -0.39 is 10.7 Å². The molecule has 2 nitrogen and oxygen atoms in total. The van der Waals surface area contributed by atoms with E-state index in [0.717, 1.165) is 22.4 Å². The van der Waals surface area contributed by atoms with Crippen LogP contribution in [0.1, 0.15) is 30.5 Å². The van der Waals surface area contributed by atoms with Crippen molar-refractivity contribution in [2.75, 3.05) is 5.75 Å². The van der Waals surface area contributed by atoms with Crippen molar-refractivity contribution in [3.8, 4) is 0 Å². The first-order chi connectivity index (χ1) is 7.41. The van der Waals surface area contributed by atoms with Gasteiger partial charge < -0.3 is 5.11 Å². The third kappa shape index (κ3) is 2.40. The average molecular weight is 238 g/mol. The van der Waals surface area contributed by atoms with Gasteiger partial charge in [-0.05, 0) is 37.7 Å². The number of hydrogen-bond donors (Lipinski definition) is 1. The topological polar surface area (TPSA) is 37.3 Å². The Balaban J connectivity index is 3.31. The molecule has 0 aromatic heterocycles. The lowest BCUT2D eigenvalue weighted by Crippen LogP contribution is -2.30. The smallest absolute Gasteiger partial charge is 0.324 e. The lowest BCUT2D eigenvalue weighted by molar-refractivity contribution is -0.139. The second kappa shape index (κ2) is 4.91. The maximum Gasteiger partial charge on any atom is 0.324 e. The predicted octanol–water partition coefficient (Wildman–Crippen LogP) is 3.36. The number of thioether (sulfide) groups is 1. The minimum Gasteiger partial charge on any atom is -0.480 e. The Morgan fingerprint density at radius 2 is 2.06 bits per heavy atom. The fourth-order valence-corrected chi connectivity index (χ4v) is 2.87. The Kier molecular flexibility index (Phi) is 4.03. The Morgan fingerprint density at radius 1 is 1.44 bits per heavy atom. The molecule has 1 unspecified atom stereocenters. The number of rotatable bonds is 4. The molecule has 0 aliphatic rings. The van der Waals surface area contributed by atoms with E-state index in [9.17, 15) is 9.90 Å². The normalized spacial score (nSPS) is 14.5. The van der Waals surface area contributed by atoms with Crippen LogP contribution >= 0.6 is 11.8 Å². The number of benzene rings is 1. The number of aryl methyl sites for hydroxylation is 2. The summed E-state index contributed by atoms with van der Waals surface area (Å²) in [6.07, 6.45) is 0. The van der Waals surface area contributed by atoms with E-state index in [1.165, 1.54) is 11.8 Å². The molecule has 1 N–H and O–H groups in total. The Morgan fingerprint density at radius 3 is 2.56 bits per heavy atom. The molecule has 0 fully saturated rings. The zero-order chi connectivity index (χ0) is 12.3. The summed E-state index contributed by atoms with van der Waals surface area (Å²) in [5, 5.41) is 9.41. The summed E-state index contributed by atoms with van der Waals surface area (Å²) in [5.74, 6) is 0.0176. The van der Waals surface area contributed by atoms with Gasteiger partial charge in [-0.3, -0.25) is 4.79 Å². The monoisotopic (exact) mass is 238 g/mol. The van der Waals surface area contributed by atoms with Crippen molar-refractivity contribution in [3.05, 3.63) is 34.9 Å². The first kappa shape index (κ1) is 13.1. The van der Waals surface area contributed by atoms with Crippen molar-refractivity contribution >= 4 is 17.7 Å². The van der Waals surface area contributed by atoms with Gasteiger partial charge in [-0.2, -0.15) is 0 Å². The molecule has 0 aliphatic carbocycles. The van der Waals surface area contributed by atoms with E-state index in [0.29, 0.717) is 0 Å². The fourth-order valence-electron chi connectivity index (χ4n) is 1.79. The lowest BCUT2D eigenvalue weighted by atomic mass is 9.94. The molecule has 0 amide bonds. The van der Waals surface area contributed by atoms with Crippen LogP contribution in [0.15, 0.2) is 18.2 Å². The number of hydrogen-bond acceptors (Lipinski definition) is 2. The van der Waals surface area contributed by atoms with Gasteiger partial charge in [0, 0.05) is 0 Å². The second-order valence-electron chi connectivity index (χ2n) is 4.09. The third-order valence-corrected chi connectivity index (χ3v) is 4.01. The minimum absolute atomic E-state index is 0.770. The Bertz CT molecular complexity index is 401. The molecule has 0 spiro atoms. The highest BCUT2D eigenvalue weighted by Gasteiger charge is 2.36. The van der Waals surface area contributed by atoms with Gasteiger partial charge in [0.2, 0.25) is 0 Å². The molecular weight excluding hydrogens is 220 g/mol. The van der Waals surface area contributed by atoms with Crippen molar-refractivity contribution in [2.45, 2.75) is 32.4 Å². The van der Waals surface area contributed by atoms with E-state index in [1.54, 1.807) is 6.92 Å². The van der Waals surface area contributed by atoms with Crippen molar-refractivity contribution in [1.82, 2.24) is 0 Å². The Hall–Kier alpha value is -0.960. The molecule has 1 rings (SSSR count). The van der Waals surface area contributed by atoms with E-state index in [-0.39, 0.29) is 0 Å². The molecule has 16 heavy (non-hydrogen) atoms. The van der Waals surface area contributed by atoms with Crippen molar-refractivity contribution in [2.24, 2.45) is 0 Å². The van der Waals surface area contributed by atoms with Crippen LogP contribution in [0.4, 0.5) is 0 Å². The highest BCUT2D eigenvalue weighted by molar-refractivity contribution is 8.00. The molecule has 0 aliphatic heterocycles. The average Bonchev–Trinajstić information content (AvgIpc) is 2.21. The summed E-state index contributed by atoms with van der Waals surface area (Å²) in [4.78, 5) is 11.5. The fraction of sp³-hybridized carbons (Fsp3) is 0.462.